The second kappa shape index (κ2) is 11.5. The van der Waals surface area contributed by atoms with Crippen LogP contribution in [-0.4, -0.2) is 82.5 Å². The van der Waals surface area contributed by atoms with Gasteiger partial charge in [-0.05, 0) is 56.4 Å². The third kappa shape index (κ3) is 7.09. The highest BCUT2D eigenvalue weighted by Crippen LogP contribution is 2.64. The molecule has 4 unspecified atom stereocenters. The van der Waals surface area contributed by atoms with Crippen molar-refractivity contribution in [2.75, 3.05) is 13.1 Å². The van der Waals surface area contributed by atoms with E-state index in [1.54, 1.807) is 20.8 Å². The van der Waals surface area contributed by atoms with Crippen molar-refractivity contribution >= 4 is 29.7 Å². The van der Waals surface area contributed by atoms with E-state index >= 15 is 0 Å². The number of aliphatic hydroxyl groups excluding tert-OH is 1. The van der Waals surface area contributed by atoms with Gasteiger partial charge in [-0.15, -0.1) is 0 Å². The van der Waals surface area contributed by atoms with Crippen molar-refractivity contribution < 1.29 is 29.1 Å². The molecular formula is C27H44N6O6. The first-order valence-electron chi connectivity index (χ1n) is 13.6. The van der Waals surface area contributed by atoms with E-state index in [1.807, 2.05) is 13.8 Å². The van der Waals surface area contributed by atoms with Gasteiger partial charge in [-0.2, -0.15) is 0 Å². The lowest BCUT2D eigenvalue weighted by atomic mass is 9.79. The monoisotopic (exact) mass is 548 g/mol. The van der Waals surface area contributed by atoms with Crippen molar-refractivity contribution in [1.29, 1.82) is 0 Å². The van der Waals surface area contributed by atoms with Crippen LogP contribution in [0.15, 0.2) is 12.7 Å². The summed E-state index contributed by atoms with van der Waals surface area (Å²) < 4.78 is 0. The molecule has 6 atom stereocenters. The van der Waals surface area contributed by atoms with Crippen LogP contribution < -0.4 is 27.0 Å². The molecule has 12 nitrogen and oxygen atoms in total. The molecule has 0 spiro atoms. The van der Waals surface area contributed by atoms with Crippen molar-refractivity contribution in [3.8, 4) is 0 Å². The Morgan fingerprint density at radius 1 is 1.15 bits per heavy atom. The summed E-state index contributed by atoms with van der Waals surface area (Å²) in [4.78, 5) is 65.2. The van der Waals surface area contributed by atoms with Gasteiger partial charge in [0.2, 0.25) is 23.6 Å². The van der Waals surface area contributed by atoms with Gasteiger partial charge < -0.3 is 37.0 Å². The zero-order valence-corrected chi connectivity index (χ0v) is 23.6. The first-order chi connectivity index (χ1) is 18.1. The molecular weight excluding hydrogens is 504 g/mol. The molecule has 1 aliphatic heterocycles. The number of rotatable bonds is 11. The number of primary amides is 1. The quantitative estimate of drug-likeness (QED) is 0.194. The Morgan fingerprint density at radius 2 is 1.79 bits per heavy atom. The molecule has 0 radical (unpaired) electrons. The summed E-state index contributed by atoms with van der Waals surface area (Å²) in [5.41, 5.74) is 4.61. The van der Waals surface area contributed by atoms with Crippen LogP contribution in [-0.2, 0) is 19.2 Å². The number of nitrogens with zero attached hydrogens (tertiary/aromatic N) is 1. The van der Waals surface area contributed by atoms with Crippen molar-refractivity contribution in [2.45, 2.75) is 90.1 Å². The molecule has 0 aromatic carbocycles. The minimum Gasteiger partial charge on any atom is -0.381 e. The molecule has 3 fully saturated rings. The van der Waals surface area contributed by atoms with Crippen LogP contribution in [0, 0.1) is 23.2 Å². The number of carbonyl (C=O) groups excluding carboxylic acids is 5. The standard InChI is InChI=1S/C27H44N6O6/c1-7-18(34)29-12-17(31-25(39)32-26(2,3)4)24(38)33-13-15-19(27(15,5)6)20(33)23(37)30-16(21(35)22(28)36)11-14-9-8-10-14/h7,14-17,19-21,35H,1,8-13H2,2-6H3,(H2,28,36)(H,29,34)(H,30,37)(H2,31,32,39)/t15?,16?,17-,19-,20?,21?/m0/s1. The molecule has 39 heavy (non-hydrogen) atoms. The van der Waals surface area contributed by atoms with E-state index in [2.05, 4.69) is 27.8 Å². The largest absolute Gasteiger partial charge is 0.381 e. The van der Waals surface area contributed by atoms with E-state index in [0.717, 1.165) is 25.3 Å². The lowest BCUT2D eigenvalue weighted by molar-refractivity contribution is -0.143. The number of nitrogens with one attached hydrogen (secondary N) is 4. The number of amides is 6. The van der Waals surface area contributed by atoms with Crippen LogP contribution in [0.4, 0.5) is 4.79 Å². The van der Waals surface area contributed by atoms with Crippen LogP contribution in [0.1, 0.15) is 60.3 Å². The topological polar surface area (TPSA) is 183 Å². The van der Waals surface area contributed by atoms with Crippen molar-refractivity contribution in [1.82, 2.24) is 26.2 Å². The normalized spacial score (nSPS) is 25.7. The van der Waals surface area contributed by atoms with E-state index < -0.39 is 59.4 Å². The van der Waals surface area contributed by atoms with Crippen LogP contribution in [0.5, 0.6) is 0 Å². The predicted molar refractivity (Wildman–Crippen MR) is 144 cm³/mol. The van der Waals surface area contributed by atoms with E-state index in [4.69, 9.17) is 5.73 Å². The third-order valence-electron chi connectivity index (χ3n) is 8.33. The van der Waals surface area contributed by atoms with Crippen molar-refractivity contribution in [3.63, 3.8) is 0 Å². The summed E-state index contributed by atoms with van der Waals surface area (Å²) in [5, 5.41) is 21.2. The highest BCUT2D eigenvalue weighted by Gasteiger charge is 2.69. The molecule has 12 heteroatoms. The Labute approximate surface area is 229 Å². The Morgan fingerprint density at radius 3 is 2.31 bits per heavy atom. The number of nitrogens with two attached hydrogens (primary N) is 1. The van der Waals surface area contributed by atoms with E-state index in [1.165, 1.54) is 4.90 Å². The van der Waals surface area contributed by atoms with Gasteiger partial charge in [0.15, 0.2) is 6.10 Å². The first kappa shape index (κ1) is 30.4. The molecule has 6 amide bonds. The molecule has 0 bridgehead atoms. The lowest BCUT2D eigenvalue weighted by Crippen LogP contribution is -2.61. The van der Waals surface area contributed by atoms with Gasteiger partial charge in [0.05, 0.1) is 6.04 Å². The maximum atomic E-state index is 13.8. The summed E-state index contributed by atoms with van der Waals surface area (Å²) in [5.74, 6) is -2.21. The molecule has 3 aliphatic rings. The number of carbonyl (C=O) groups is 5. The van der Waals surface area contributed by atoms with Gasteiger partial charge >= 0.3 is 6.03 Å². The Hall–Kier alpha value is -3.15. The molecule has 1 saturated heterocycles. The molecule has 0 aromatic heterocycles. The number of piperidine rings is 1. The van der Waals surface area contributed by atoms with Gasteiger partial charge in [0.1, 0.15) is 12.1 Å². The zero-order valence-electron chi connectivity index (χ0n) is 23.6. The van der Waals surface area contributed by atoms with Crippen molar-refractivity contribution in [2.24, 2.45) is 28.9 Å². The van der Waals surface area contributed by atoms with Gasteiger partial charge in [-0.3, -0.25) is 19.2 Å². The Bertz CT molecular complexity index is 1000. The van der Waals surface area contributed by atoms with Gasteiger partial charge in [-0.1, -0.05) is 39.7 Å². The predicted octanol–water partition coefficient (Wildman–Crippen LogP) is -0.241. The van der Waals surface area contributed by atoms with E-state index in [-0.39, 0.29) is 29.7 Å². The lowest BCUT2D eigenvalue weighted by Gasteiger charge is -2.36. The fraction of sp³-hybridized carbons (Fsp3) is 0.741. The first-order valence-corrected chi connectivity index (χ1v) is 13.6. The molecule has 1 heterocycles. The highest BCUT2D eigenvalue weighted by atomic mass is 16.3. The zero-order chi connectivity index (χ0) is 29.3. The maximum Gasteiger partial charge on any atom is 0.315 e. The SMILES string of the molecule is C=CC(=O)NC[C@H](NC(=O)NC(C)(C)C)C(=O)N1CC2[C@@H](C1C(=O)NC(CC1CCC1)C(O)C(N)=O)C2(C)C. The van der Waals surface area contributed by atoms with Gasteiger partial charge in [0.25, 0.3) is 0 Å². The van der Waals surface area contributed by atoms with Crippen LogP contribution in [0.25, 0.3) is 0 Å². The van der Waals surface area contributed by atoms with Gasteiger partial charge in [-0.25, -0.2) is 4.79 Å². The number of urea groups is 1. The smallest absolute Gasteiger partial charge is 0.315 e. The minimum absolute atomic E-state index is 0.0650. The second-order valence-corrected chi connectivity index (χ2v) is 12.7. The molecule has 3 rings (SSSR count). The second-order valence-electron chi connectivity index (χ2n) is 12.7. The summed E-state index contributed by atoms with van der Waals surface area (Å²) in [6.07, 6.45) is 2.88. The number of likely N-dealkylation sites (tertiary alicyclic amines) is 1. The van der Waals surface area contributed by atoms with Crippen molar-refractivity contribution in [3.05, 3.63) is 12.7 Å². The molecule has 0 aromatic rings. The summed E-state index contributed by atoms with van der Waals surface area (Å²) in [6, 6.07) is -3.47. The summed E-state index contributed by atoms with van der Waals surface area (Å²) in [6.45, 7) is 13.0. The molecule has 2 saturated carbocycles. The number of hydrogen-bond acceptors (Lipinski definition) is 6. The van der Waals surface area contributed by atoms with Crippen LogP contribution >= 0.6 is 0 Å². The number of hydrogen-bond donors (Lipinski definition) is 6. The number of fused-ring (bicyclic) bond motifs is 1. The maximum absolute atomic E-state index is 13.8. The average molecular weight is 549 g/mol. The van der Waals surface area contributed by atoms with E-state index in [9.17, 15) is 29.1 Å². The van der Waals surface area contributed by atoms with Crippen LogP contribution in [0.3, 0.4) is 0 Å². The van der Waals surface area contributed by atoms with E-state index in [0.29, 0.717) is 13.0 Å². The molecule has 218 valence electrons. The molecule has 2 aliphatic carbocycles. The average Bonchev–Trinajstić information content (AvgIpc) is 3.14. The number of aliphatic hydroxyl groups is 1. The summed E-state index contributed by atoms with van der Waals surface area (Å²) >= 11 is 0. The van der Waals surface area contributed by atoms with Gasteiger partial charge in [0, 0.05) is 18.6 Å². The third-order valence-corrected chi connectivity index (χ3v) is 8.33. The molecule has 7 N–H and O–H groups in total. The Kier molecular flexibility index (Phi) is 8.99. The summed E-state index contributed by atoms with van der Waals surface area (Å²) in [7, 11) is 0. The minimum atomic E-state index is -1.55. The fourth-order valence-corrected chi connectivity index (χ4v) is 5.84. The van der Waals surface area contributed by atoms with Crippen LogP contribution in [0.2, 0.25) is 0 Å². The Balaban J connectivity index is 1.82. The fourth-order valence-electron chi connectivity index (χ4n) is 5.84. The highest BCUT2D eigenvalue weighted by molar-refractivity contribution is 5.94.